The maximum atomic E-state index is 12.6. The third-order valence-corrected chi connectivity index (χ3v) is 7.83. The third kappa shape index (κ3) is 3.19. The SMILES string of the molecule is CCS(=O)(=O)c1ccc(S(=O)(=O)N2CCC(C)(CN)C2)cc1. The molecule has 8 heteroatoms. The van der Waals surface area contributed by atoms with Gasteiger partial charge in [-0.25, -0.2) is 16.8 Å². The summed E-state index contributed by atoms with van der Waals surface area (Å²) in [6.07, 6.45) is 0.727. The Morgan fingerprint density at radius 1 is 1.14 bits per heavy atom. The van der Waals surface area contributed by atoms with E-state index in [-0.39, 0.29) is 21.0 Å². The van der Waals surface area contributed by atoms with Gasteiger partial charge in [0.25, 0.3) is 0 Å². The Balaban J connectivity index is 2.28. The van der Waals surface area contributed by atoms with Crippen molar-refractivity contribution in [2.75, 3.05) is 25.4 Å². The highest BCUT2D eigenvalue weighted by Gasteiger charge is 2.38. The second kappa shape index (κ2) is 5.92. The number of rotatable bonds is 5. The van der Waals surface area contributed by atoms with E-state index in [1.54, 1.807) is 6.92 Å². The van der Waals surface area contributed by atoms with Crippen LogP contribution < -0.4 is 5.73 Å². The van der Waals surface area contributed by atoms with Crippen LogP contribution in [0, 0.1) is 5.41 Å². The molecule has 0 saturated carbocycles. The number of sulfone groups is 1. The van der Waals surface area contributed by atoms with Crippen molar-refractivity contribution in [3.8, 4) is 0 Å². The van der Waals surface area contributed by atoms with Gasteiger partial charge in [-0.2, -0.15) is 4.31 Å². The van der Waals surface area contributed by atoms with E-state index in [1.807, 2.05) is 6.92 Å². The molecule has 1 fully saturated rings. The van der Waals surface area contributed by atoms with E-state index in [0.717, 1.165) is 6.42 Å². The maximum absolute atomic E-state index is 12.6. The van der Waals surface area contributed by atoms with Gasteiger partial charge in [0.1, 0.15) is 0 Å². The summed E-state index contributed by atoms with van der Waals surface area (Å²) in [5.74, 6) is -0.0138. The molecule has 1 aromatic rings. The highest BCUT2D eigenvalue weighted by molar-refractivity contribution is 7.91. The highest BCUT2D eigenvalue weighted by atomic mass is 32.2. The Labute approximate surface area is 132 Å². The molecule has 1 heterocycles. The molecule has 0 spiro atoms. The van der Waals surface area contributed by atoms with E-state index < -0.39 is 19.9 Å². The quantitative estimate of drug-likeness (QED) is 0.852. The first-order chi connectivity index (χ1) is 10.1. The summed E-state index contributed by atoms with van der Waals surface area (Å²) in [5.41, 5.74) is 5.51. The van der Waals surface area contributed by atoms with E-state index >= 15 is 0 Å². The second-order valence-corrected chi connectivity index (χ2v) is 10.2. The highest BCUT2D eigenvalue weighted by Crippen LogP contribution is 2.32. The van der Waals surface area contributed by atoms with E-state index in [2.05, 4.69) is 0 Å². The zero-order valence-corrected chi connectivity index (χ0v) is 14.5. The number of nitrogens with two attached hydrogens (primary N) is 1. The number of nitrogens with zero attached hydrogens (tertiary/aromatic N) is 1. The molecule has 0 aliphatic carbocycles. The summed E-state index contributed by atoms with van der Waals surface area (Å²) in [6.45, 7) is 4.79. The Morgan fingerprint density at radius 3 is 2.14 bits per heavy atom. The van der Waals surface area contributed by atoms with Crippen LogP contribution in [0.15, 0.2) is 34.1 Å². The van der Waals surface area contributed by atoms with Crippen LogP contribution in [-0.4, -0.2) is 46.5 Å². The van der Waals surface area contributed by atoms with Gasteiger partial charge in [0, 0.05) is 13.1 Å². The zero-order valence-electron chi connectivity index (χ0n) is 12.8. The molecule has 22 heavy (non-hydrogen) atoms. The van der Waals surface area contributed by atoms with Crippen LogP contribution in [0.5, 0.6) is 0 Å². The molecule has 1 atom stereocenters. The summed E-state index contributed by atoms with van der Waals surface area (Å²) in [4.78, 5) is 0.256. The first-order valence-electron chi connectivity index (χ1n) is 7.18. The minimum Gasteiger partial charge on any atom is -0.330 e. The molecule has 2 N–H and O–H groups in total. The molecule has 0 aromatic heterocycles. The molecule has 1 saturated heterocycles. The van der Waals surface area contributed by atoms with Crippen LogP contribution in [-0.2, 0) is 19.9 Å². The van der Waals surface area contributed by atoms with Gasteiger partial charge in [-0.05, 0) is 42.6 Å². The van der Waals surface area contributed by atoms with Gasteiger partial charge in [-0.3, -0.25) is 0 Å². The van der Waals surface area contributed by atoms with Crippen LogP contribution in [0.4, 0.5) is 0 Å². The van der Waals surface area contributed by atoms with Crippen molar-refractivity contribution < 1.29 is 16.8 Å². The molecule has 0 bridgehead atoms. The lowest BCUT2D eigenvalue weighted by molar-refractivity contribution is 0.349. The monoisotopic (exact) mass is 346 g/mol. The minimum absolute atomic E-state index is 0.0138. The van der Waals surface area contributed by atoms with Crippen LogP contribution >= 0.6 is 0 Å². The fraction of sp³-hybridized carbons (Fsp3) is 0.571. The van der Waals surface area contributed by atoms with Crippen molar-refractivity contribution in [1.82, 2.24) is 4.31 Å². The van der Waals surface area contributed by atoms with Gasteiger partial charge in [0.2, 0.25) is 10.0 Å². The van der Waals surface area contributed by atoms with Crippen molar-refractivity contribution in [2.24, 2.45) is 11.1 Å². The van der Waals surface area contributed by atoms with Gasteiger partial charge in [-0.1, -0.05) is 13.8 Å². The average Bonchev–Trinajstić information content (AvgIpc) is 2.91. The lowest BCUT2D eigenvalue weighted by Gasteiger charge is -2.22. The van der Waals surface area contributed by atoms with Gasteiger partial charge in [0.15, 0.2) is 9.84 Å². The van der Waals surface area contributed by atoms with E-state index in [4.69, 9.17) is 5.73 Å². The molecule has 0 radical (unpaired) electrons. The van der Waals surface area contributed by atoms with Crippen LogP contribution in [0.1, 0.15) is 20.3 Å². The third-order valence-electron chi connectivity index (χ3n) is 4.22. The largest absolute Gasteiger partial charge is 0.330 e. The summed E-state index contributed by atoms with van der Waals surface area (Å²) in [6, 6.07) is 5.42. The van der Waals surface area contributed by atoms with Crippen molar-refractivity contribution in [1.29, 1.82) is 0 Å². The molecule has 1 aromatic carbocycles. The Morgan fingerprint density at radius 2 is 1.68 bits per heavy atom. The summed E-state index contributed by atoms with van der Waals surface area (Å²) in [7, 11) is -6.93. The fourth-order valence-electron chi connectivity index (χ4n) is 2.48. The molecule has 2 rings (SSSR count). The predicted octanol–water partition coefficient (Wildman–Crippen LogP) is 0.840. The first kappa shape index (κ1) is 17.4. The predicted molar refractivity (Wildman–Crippen MR) is 84.7 cm³/mol. The standard InChI is InChI=1S/C14H22N2O4S2/c1-3-21(17,18)12-4-6-13(7-5-12)22(19,20)16-9-8-14(2,10-15)11-16/h4-7H,3,8-11,15H2,1-2H3. The molecule has 6 nitrogen and oxygen atoms in total. The number of sulfonamides is 1. The lowest BCUT2D eigenvalue weighted by atomic mass is 9.90. The van der Waals surface area contributed by atoms with Crippen molar-refractivity contribution in [3.63, 3.8) is 0 Å². The maximum Gasteiger partial charge on any atom is 0.243 e. The normalized spacial score (nSPS) is 23.8. The van der Waals surface area contributed by atoms with Gasteiger partial charge >= 0.3 is 0 Å². The van der Waals surface area contributed by atoms with Crippen molar-refractivity contribution >= 4 is 19.9 Å². The first-order valence-corrected chi connectivity index (χ1v) is 10.3. The van der Waals surface area contributed by atoms with E-state index in [0.29, 0.717) is 19.6 Å². The smallest absolute Gasteiger partial charge is 0.243 e. The van der Waals surface area contributed by atoms with E-state index in [1.165, 1.54) is 28.6 Å². The Hall–Kier alpha value is -0.960. The molecule has 1 aliphatic rings. The van der Waals surface area contributed by atoms with Gasteiger partial charge in [-0.15, -0.1) is 0 Å². The zero-order chi connectivity index (χ0) is 16.6. The van der Waals surface area contributed by atoms with Gasteiger partial charge in [0.05, 0.1) is 15.5 Å². The molecular formula is C14H22N2O4S2. The number of hydrogen-bond donors (Lipinski definition) is 1. The lowest BCUT2D eigenvalue weighted by Crippen LogP contribution is -2.34. The number of hydrogen-bond acceptors (Lipinski definition) is 5. The summed E-state index contributed by atoms with van der Waals surface area (Å²) < 4.78 is 50.2. The number of benzene rings is 1. The average molecular weight is 346 g/mol. The van der Waals surface area contributed by atoms with E-state index in [9.17, 15) is 16.8 Å². The van der Waals surface area contributed by atoms with Crippen LogP contribution in [0.3, 0.4) is 0 Å². The summed E-state index contributed by atoms with van der Waals surface area (Å²) >= 11 is 0. The molecule has 1 unspecified atom stereocenters. The van der Waals surface area contributed by atoms with Crippen molar-refractivity contribution in [3.05, 3.63) is 24.3 Å². The minimum atomic E-state index is -3.61. The fourth-order valence-corrected chi connectivity index (χ4v) is 4.96. The second-order valence-electron chi connectivity index (χ2n) is 5.98. The van der Waals surface area contributed by atoms with Gasteiger partial charge < -0.3 is 5.73 Å². The Kier molecular flexibility index (Phi) is 4.68. The molecule has 1 aliphatic heterocycles. The topological polar surface area (TPSA) is 97.5 Å². The molecule has 0 amide bonds. The van der Waals surface area contributed by atoms with Crippen LogP contribution in [0.25, 0.3) is 0 Å². The van der Waals surface area contributed by atoms with Crippen LogP contribution in [0.2, 0.25) is 0 Å². The Bertz CT molecular complexity index is 742. The summed E-state index contributed by atoms with van der Waals surface area (Å²) in [5, 5.41) is 0. The molecular weight excluding hydrogens is 324 g/mol. The van der Waals surface area contributed by atoms with Crippen molar-refractivity contribution in [2.45, 2.75) is 30.1 Å². The molecule has 124 valence electrons.